The highest BCUT2D eigenvalue weighted by Gasteiger charge is 2.16. The van der Waals surface area contributed by atoms with Crippen molar-refractivity contribution in [2.45, 2.75) is 13.1 Å². The molecule has 25 heavy (non-hydrogen) atoms. The van der Waals surface area contributed by atoms with Crippen LogP contribution in [0.2, 0.25) is 5.02 Å². The van der Waals surface area contributed by atoms with Crippen LogP contribution in [-0.2, 0) is 17.9 Å². The number of thiophene rings is 1. The van der Waals surface area contributed by atoms with Gasteiger partial charge in [0.25, 0.3) is 0 Å². The number of rotatable bonds is 7. The number of aromatic nitrogens is 4. The van der Waals surface area contributed by atoms with Crippen molar-refractivity contribution >= 4 is 28.8 Å². The molecule has 0 N–H and O–H groups in total. The average molecular weight is 374 g/mol. The third-order valence-corrected chi connectivity index (χ3v) is 4.66. The molecule has 3 rings (SSSR count). The molecule has 0 fully saturated rings. The molecule has 2 aromatic heterocycles. The first-order valence-corrected chi connectivity index (χ1v) is 8.87. The Hall–Kier alpha value is -2.51. The Bertz CT molecular complexity index is 862. The third kappa shape index (κ3) is 4.32. The Morgan fingerprint density at radius 3 is 2.88 bits per heavy atom. The number of tetrazole rings is 1. The van der Waals surface area contributed by atoms with Crippen LogP contribution in [0.1, 0.15) is 4.88 Å². The molecule has 8 heteroatoms. The van der Waals surface area contributed by atoms with Gasteiger partial charge in [-0.1, -0.05) is 35.9 Å². The van der Waals surface area contributed by atoms with E-state index in [1.165, 1.54) is 4.80 Å². The van der Waals surface area contributed by atoms with E-state index in [9.17, 15) is 4.79 Å². The molecule has 0 aliphatic heterocycles. The molecule has 0 saturated heterocycles. The van der Waals surface area contributed by atoms with Gasteiger partial charge in [-0.15, -0.1) is 28.1 Å². The van der Waals surface area contributed by atoms with E-state index in [2.05, 4.69) is 22.0 Å². The smallest absolute Gasteiger partial charge is 0.246 e. The summed E-state index contributed by atoms with van der Waals surface area (Å²) in [5.41, 5.74) is 0.685. The van der Waals surface area contributed by atoms with Crippen molar-refractivity contribution in [3.63, 3.8) is 0 Å². The summed E-state index contributed by atoms with van der Waals surface area (Å²) in [4.78, 5) is 16.7. The van der Waals surface area contributed by atoms with Crippen molar-refractivity contribution in [2.24, 2.45) is 0 Å². The molecule has 0 spiro atoms. The number of halogens is 1. The van der Waals surface area contributed by atoms with Gasteiger partial charge in [0.1, 0.15) is 6.54 Å². The van der Waals surface area contributed by atoms with Crippen LogP contribution in [0.4, 0.5) is 0 Å². The van der Waals surface area contributed by atoms with E-state index in [-0.39, 0.29) is 12.5 Å². The largest absolute Gasteiger partial charge is 0.332 e. The first-order valence-electron chi connectivity index (χ1n) is 7.61. The molecule has 3 aromatic rings. The summed E-state index contributed by atoms with van der Waals surface area (Å²) >= 11 is 7.75. The fourth-order valence-corrected chi connectivity index (χ4v) is 3.22. The fourth-order valence-electron chi connectivity index (χ4n) is 2.28. The van der Waals surface area contributed by atoms with E-state index in [0.717, 1.165) is 4.88 Å². The van der Waals surface area contributed by atoms with Crippen molar-refractivity contribution in [3.05, 3.63) is 64.3 Å². The summed E-state index contributed by atoms with van der Waals surface area (Å²) in [6.07, 6.45) is 1.70. The highest BCUT2D eigenvalue weighted by molar-refractivity contribution is 7.09. The predicted molar refractivity (Wildman–Crippen MR) is 98.2 cm³/mol. The van der Waals surface area contributed by atoms with Gasteiger partial charge in [-0.2, -0.15) is 4.80 Å². The van der Waals surface area contributed by atoms with Crippen LogP contribution < -0.4 is 0 Å². The van der Waals surface area contributed by atoms with E-state index in [1.54, 1.807) is 28.4 Å². The van der Waals surface area contributed by atoms with Crippen molar-refractivity contribution in [1.82, 2.24) is 25.1 Å². The molecule has 1 aromatic carbocycles. The standard InChI is InChI=1S/C17H16ClN5OS/c1-2-9-22(11-13-6-5-10-25-13)16(24)12-23-20-17(19-21-23)14-7-3-4-8-15(14)18/h2-8,10H,1,9,11-12H2. The predicted octanol–water partition coefficient (Wildman–Crippen LogP) is 3.27. The minimum absolute atomic E-state index is 0.0106. The number of amides is 1. The summed E-state index contributed by atoms with van der Waals surface area (Å²) in [5, 5.41) is 14.7. The van der Waals surface area contributed by atoms with Crippen molar-refractivity contribution < 1.29 is 4.79 Å². The van der Waals surface area contributed by atoms with Crippen LogP contribution in [0.5, 0.6) is 0 Å². The minimum Gasteiger partial charge on any atom is -0.332 e. The van der Waals surface area contributed by atoms with Gasteiger partial charge in [-0.25, -0.2) is 0 Å². The lowest BCUT2D eigenvalue weighted by Crippen LogP contribution is -2.34. The number of hydrogen-bond acceptors (Lipinski definition) is 5. The van der Waals surface area contributed by atoms with Gasteiger partial charge in [0.05, 0.1) is 11.6 Å². The van der Waals surface area contributed by atoms with E-state index in [0.29, 0.717) is 29.5 Å². The zero-order valence-electron chi connectivity index (χ0n) is 13.4. The molecule has 0 atom stereocenters. The lowest BCUT2D eigenvalue weighted by Gasteiger charge is -2.19. The van der Waals surface area contributed by atoms with Crippen molar-refractivity contribution in [2.75, 3.05) is 6.54 Å². The van der Waals surface area contributed by atoms with E-state index in [1.807, 2.05) is 35.7 Å². The van der Waals surface area contributed by atoms with Gasteiger partial charge in [-0.05, 0) is 28.8 Å². The van der Waals surface area contributed by atoms with Crippen LogP contribution in [0.25, 0.3) is 11.4 Å². The summed E-state index contributed by atoms with van der Waals surface area (Å²) in [7, 11) is 0. The maximum absolute atomic E-state index is 12.6. The van der Waals surface area contributed by atoms with E-state index in [4.69, 9.17) is 11.6 Å². The number of hydrogen-bond donors (Lipinski definition) is 0. The van der Waals surface area contributed by atoms with Gasteiger partial charge in [0.15, 0.2) is 0 Å². The molecular weight excluding hydrogens is 358 g/mol. The second-order valence-corrected chi connectivity index (χ2v) is 6.71. The van der Waals surface area contributed by atoms with Crippen LogP contribution in [0.15, 0.2) is 54.4 Å². The molecule has 0 radical (unpaired) electrons. The van der Waals surface area contributed by atoms with Gasteiger partial charge in [0, 0.05) is 17.0 Å². The van der Waals surface area contributed by atoms with Gasteiger partial charge >= 0.3 is 0 Å². The molecule has 6 nitrogen and oxygen atoms in total. The topological polar surface area (TPSA) is 63.9 Å². The maximum atomic E-state index is 12.6. The Balaban J connectivity index is 1.71. The number of carbonyl (C=O) groups excluding carboxylic acids is 1. The summed E-state index contributed by atoms with van der Waals surface area (Å²) in [5.74, 6) is 0.295. The molecule has 1 amide bonds. The number of carbonyl (C=O) groups is 1. The highest BCUT2D eigenvalue weighted by Crippen LogP contribution is 2.23. The average Bonchev–Trinajstić information content (AvgIpc) is 3.27. The highest BCUT2D eigenvalue weighted by atomic mass is 35.5. The molecule has 2 heterocycles. The van der Waals surface area contributed by atoms with Crippen LogP contribution in [-0.4, -0.2) is 37.6 Å². The van der Waals surface area contributed by atoms with E-state index >= 15 is 0 Å². The summed E-state index contributed by atoms with van der Waals surface area (Å²) < 4.78 is 0. The van der Waals surface area contributed by atoms with Crippen molar-refractivity contribution in [3.8, 4) is 11.4 Å². The molecule has 0 aliphatic carbocycles. The Morgan fingerprint density at radius 2 is 2.16 bits per heavy atom. The number of benzene rings is 1. The molecule has 128 valence electrons. The lowest BCUT2D eigenvalue weighted by molar-refractivity contribution is -0.132. The molecule has 0 saturated carbocycles. The first-order chi connectivity index (χ1) is 12.2. The van der Waals surface area contributed by atoms with Gasteiger partial charge in [0.2, 0.25) is 11.7 Å². The van der Waals surface area contributed by atoms with Gasteiger partial charge in [-0.3, -0.25) is 4.79 Å². The zero-order chi connectivity index (χ0) is 17.6. The number of nitrogens with zero attached hydrogens (tertiary/aromatic N) is 5. The van der Waals surface area contributed by atoms with Crippen LogP contribution in [0.3, 0.4) is 0 Å². The normalized spacial score (nSPS) is 10.6. The SMILES string of the molecule is C=CCN(Cc1cccs1)C(=O)Cn1nnc(-c2ccccc2Cl)n1. The quantitative estimate of drug-likeness (QED) is 0.596. The monoisotopic (exact) mass is 373 g/mol. The Labute approximate surface area is 154 Å². The Morgan fingerprint density at radius 1 is 1.32 bits per heavy atom. The van der Waals surface area contributed by atoms with Crippen molar-refractivity contribution in [1.29, 1.82) is 0 Å². The second-order valence-electron chi connectivity index (χ2n) is 5.27. The van der Waals surface area contributed by atoms with E-state index < -0.39 is 0 Å². The second kappa shape index (κ2) is 8.04. The first kappa shape index (κ1) is 17.3. The molecule has 0 aliphatic rings. The fraction of sp³-hybridized carbons (Fsp3) is 0.176. The summed E-state index contributed by atoms with van der Waals surface area (Å²) in [6, 6.07) is 11.2. The molecule has 0 bridgehead atoms. The zero-order valence-corrected chi connectivity index (χ0v) is 15.0. The molecular formula is C17H16ClN5OS. The maximum Gasteiger partial charge on any atom is 0.246 e. The molecule has 0 unspecified atom stereocenters. The summed E-state index contributed by atoms with van der Waals surface area (Å²) in [6.45, 7) is 4.73. The van der Waals surface area contributed by atoms with Gasteiger partial charge < -0.3 is 4.90 Å². The Kier molecular flexibility index (Phi) is 5.57. The minimum atomic E-state index is -0.101. The van der Waals surface area contributed by atoms with Crippen LogP contribution >= 0.6 is 22.9 Å². The third-order valence-electron chi connectivity index (χ3n) is 3.47. The van der Waals surface area contributed by atoms with Crippen LogP contribution in [0, 0.1) is 0 Å². The lowest BCUT2D eigenvalue weighted by atomic mass is 10.2.